The van der Waals surface area contributed by atoms with Crippen LogP contribution in [0.25, 0.3) is 0 Å². The quantitative estimate of drug-likeness (QED) is 0.545. The summed E-state index contributed by atoms with van der Waals surface area (Å²) in [7, 11) is -0.177. The van der Waals surface area contributed by atoms with E-state index in [-0.39, 0.29) is 8.46 Å². The molecule has 1 unspecified atom stereocenters. The van der Waals surface area contributed by atoms with E-state index in [0.717, 1.165) is 19.0 Å². The van der Waals surface area contributed by atoms with Gasteiger partial charge in [0.05, 0.1) is 0 Å². The smallest absolute Gasteiger partial charge is 0.0775 e. The topological polar surface area (TPSA) is 17.1 Å². The highest BCUT2D eigenvalue weighted by atomic mass is 31.1. The van der Waals surface area contributed by atoms with Crippen molar-refractivity contribution in [1.82, 2.24) is 0 Å². The fraction of sp³-hybridized carbons (Fsp3) is 0.250. The van der Waals surface area contributed by atoms with Crippen molar-refractivity contribution in [3.63, 3.8) is 0 Å². The van der Waals surface area contributed by atoms with Gasteiger partial charge in [0.2, 0.25) is 0 Å². The van der Waals surface area contributed by atoms with Gasteiger partial charge in [0, 0.05) is 5.92 Å². The van der Waals surface area contributed by atoms with Gasteiger partial charge in [0.15, 0.2) is 0 Å². The van der Waals surface area contributed by atoms with Crippen LogP contribution in [0.3, 0.4) is 0 Å². The number of benzene rings is 2. The highest BCUT2D eigenvalue weighted by Gasteiger charge is 2.13. The first-order valence-corrected chi connectivity index (χ1v) is 7.48. The fourth-order valence-corrected chi connectivity index (χ4v) is 2.62. The molecule has 92 valence electrons. The summed E-state index contributed by atoms with van der Waals surface area (Å²) >= 11 is 0. The van der Waals surface area contributed by atoms with Crippen molar-refractivity contribution in [2.24, 2.45) is 0 Å². The van der Waals surface area contributed by atoms with E-state index >= 15 is 0 Å². The molecular weight excluding hydrogens is 239 g/mol. The standard InChI is InChI=1S/C16H17OP/c17-18-13-7-12-16(14-8-3-1-4-9-14)15-10-5-2-6-11-15/h1-6,8-11,16H,7,12-13H2/p+1. The summed E-state index contributed by atoms with van der Waals surface area (Å²) in [5, 5.41) is 0. The van der Waals surface area contributed by atoms with Crippen molar-refractivity contribution in [2.45, 2.75) is 18.8 Å². The van der Waals surface area contributed by atoms with Crippen LogP contribution in [0.2, 0.25) is 0 Å². The van der Waals surface area contributed by atoms with Gasteiger partial charge in [-0.3, -0.25) is 0 Å². The van der Waals surface area contributed by atoms with Gasteiger partial charge in [0.25, 0.3) is 0 Å². The van der Waals surface area contributed by atoms with Crippen LogP contribution in [0.15, 0.2) is 60.7 Å². The Labute approximate surface area is 110 Å². The molecule has 0 aliphatic heterocycles. The highest BCUT2D eigenvalue weighted by molar-refractivity contribution is 7.23. The van der Waals surface area contributed by atoms with Crippen molar-refractivity contribution < 1.29 is 4.57 Å². The summed E-state index contributed by atoms with van der Waals surface area (Å²) in [5.41, 5.74) is 2.69. The Hall–Kier alpha value is -1.46. The van der Waals surface area contributed by atoms with Gasteiger partial charge in [-0.2, -0.15) is 0 Å². The third-order valence-corrected chi connectivity index (χ3v) is 3.73. The Balaban J connectivity index is 2.21. The van der Waals surface area contributed by atoms with Crippen LogP contribution in [0, 0.1) is 0 Å². The Bertz CT molecular complexity index is 427. The van der Waals surface area contributed by atoms with E-state index < -0.39 is 0 Å². The fourth-order valence-electron chi connectivity index (χ4n) is 2.27. The molecule has 0 aromatic heterocycles. The molecule has 0 heterocycles. The predicted octanol–water partition coefficient (Wildman–Crippen LogP) is 4.62. The normalized spacial score (nSPS) is 10.9. The summed E-state index contributed by atoms with van der Waals surface area (Å²) in [6, 6.07) is 21.1. The molecule has 0 fully saturated rings. The van der Waals surface area contributed by atoms with E-state index in [2.05, 4.69) is 48.5 Å². The van der Waals surface area contributed by atoms with Gasteiger partial charge in [-0.1, -0.05) is 65.2 Å². The Morgan fingerprint density at radius 1 is 0.833 bits per heavy atom. The van der Waals surface area contributed by atoms with Crippen molar-refractivity contribution in [3.05, 3.63) is 71.8 Å². The van der Waals surface area contributed by atoms with Gasteiger partial charge < -0.3 is 0 Å². The molecule has 2 aromatic rings. The van der Waals surface area contributed by atoms with Crippen LogP contribution < -0.4 is 0 Å². The molecule has 0 aliphatic carbocycles. The minimum absolute atomic E-state index is 0.177. The van der Waals surface area contributed by atoms with Crippen LogP contribution in [-0.2, 0) is 4.57 Å². The summed E-state index contributed by atoms with van der Waals surface area (Å²) < 4.78 is 10.6. The summed E-state index contributed by atoms with van der Waals surface area (Å²) in [4.78, 5) is 0. The Morgan fingerprint density at radius 3 is 1.78 bits per heavy atom. The lowest BCUT2D eigenvalue weighted by molar-refractivity contribution is 0.594. The third-order valence-electron chi connectivity index (χ3n) is 3.18. The second-order valence-corrected chi connectivity index (χ2v) is 5.20. The van der Waals surface area contributed by atoms with E-state index in [1.807, 2.05) is 12.1 Å². The van der Waals surface area contributed by atoms with Crippen molar-refractivity contribution in [2.75, 3.05) is 6.16 Å². The summed E-state index contributed by atoms with van der Waals surface area (Å²) in [5.74, 6) is 0.420. The van der Waals surface area contributed by atoms with Crippen molar-refractivity contribution in [3.8, 4) is 0 Å². The highest BCUT2D eigenvalue weighted by Crippen LogP contribution is 2.29. The Morgan fingerprint density at radius 2 is 1.33 bits per heavy atom. The lowest BCUT2D eigenvalue weighted by Gasteiger charge is -2.17. The van der Waals surface area contributed by atoms with Gasteiger partial charge in [-0.25, -0.2) is 0 Å². The van der Waals surface area contributed by atoms with E-state index in [9.17, 15) is 4.57 Å². The predicted molar refractivity (Wildman–Crippen MR) is 77.8 cm³/mol. The van der Waals surface area contributed by atoms with Gasteiger partial charge in [-0.05, 0) is 24.0 Å². The zero-order valence-electron chi connectivity index (χ0n) is 10.4. The molecule has 2 heteroatoms. The first kappa shape index (κ1) is 13.0. The molecule has 0 bridgehead atoms. The zero-order valence-corrected chi connectivity index (χ0v) is 11.4. The first-order valence-electron chi connectivity index (χ1n) is 6.36. The molecule has 0 N–H and O–H groups in total. The first-order chi connectivity index (χ1) is 8.92. The van der Waals surface area contributed by atoms with Crippen LogP contribution >= 0.6 is 8.46 Å². The van der Waals surface area contributed by atoms with Crippen LogP contribution in [-0.4, -0.2) is 6.16 Å². The molecule has 0 saturated carbocycles. The van der Waals surface area contributed by atoms with Crippen molar-refractivity contribution >= 4 is 8.46 Å². The molecule has 0 radical (unpaired) electrons. The summed E-state index contributed by atoms with van der Waals surface area (Å²) in [6.45, 7) is 0. The zero-order chi connectivity index (χ0) is 12.6. The second kappa shape index (κ2) is 7.08. The molecule has 0 saturated heterocycles. The molecular formula is C16H18OP+. The van der Waals surface area contributed by atoms with E-state index in [1.54, 1.807) is 0 Å². The maximum atomic E-state index is 10.6. The number of hydrogen-bond acceptors (Lipinski definition) is 1. The molecule has 18 heavy (non-hydrogen) atoms. The third kappa shape index (κ3) is 3.51. The molecule has 1 nitrogen and oxygen atoms in total. The lowest BCUT2D eigenvalue weighted by Crippen LogP contribution is -2.01. The van der Waals surface area contributed by atoms with Crippen LogP contribution in [0.4, 0.5) is 0 Å². The number of hydrogen-bond donors (Lipinski definition) is 0. The molecule has 2 aromatic carbocycles. The number of rotatable bonds is 6. The summed E-state index contributed by atoms with van der Waals surface area (Å²) in [6.07, 6.45) is 2.87. The molecule has 0 amide bonds. The van der Waals surface area contributed by atoms with Crippen molar-refractivity contribution in [1.29, 1.82) is 0 Å². The van der Waals surface area contributed by atoms with E-state index in [4.69, 9.17) is 0 Å². The maximum absolute atomic E-state index is 10.6. The minimum atomic E-state index is -0.177. The average molecular weight is 257 g/mol. The molecule has 0 spiro atoms. The van der Waals surface area contributed by atoms with E-state index in [1.165, 1.54) is 11.1 Å². The lowest BCUT2D eigenvalue weighted by atomic mass is 9.88. The monoisotopic (exact) mass is 257 g/mol. The maximum Gasteiger partial charge on any atom is 0.324 e. The van der Waals surface area contributed by atoms with Crippen LogP contribution in [0.1, 0.15) is 29.9 Å². The van der Waals surface area contributed by atoms with Gasteiger partial charge in [-0.15, -0.1) is 0 Å². The largest absolute Gasteiger partial charge is 0.324 e. The SMILES string of the molecule is O=[PH+]CCCC(c1ccccc1)c1ccccc1. The van der Waals surface area contributed by atoms with Crippen LogP contribution in [0.5, 0.6) is 0 Å². The molecule has 1 atom stereocenters. The van der Waals surface area contributed by atoms with E-state index in [0.29, 0.717) is 5.92 Å². The second-order valence-electron chi connectivity index (χ2n) is 4.41. The molecule has 2 rings (SSSR count). The minimum Gasteiger partial charge on any atom is -0.0775 e. The average Bonchev–Trinajstić information content (AvgIpc) is 2.46. The van der Waals surface area contributed by atoms with Gasteiger partial charge in [0.1, 0.15) is 6.16 Å². The Kier molecular flexibility index (Phi) is 5.11. The van der Waals surface area contributed by atoms with Gasteiger partial charge >= 0.3 is 8.46 Å². The molecule has 0 aliphatic rings.